The Kier molecular flexibility index (Phi) is 5.22. The summed E-state index contributed by atoms with van der Waals surface area (Å²) >= 11 is 0. The molecule has 1 N–H and O–H groups in total. The first-order valence-corrected chi connectivity index (χ1v) is 8.03. The highest BCUT2D eigenvalue weighted by atomic mass is 16.5. The van der Waals surface area contributed by atoms with Gasteiger partial charge in [0, 0.05) is 31.8 Å². The van der Waals surface area contributed by atoms with Gasteiger partial charge in [-0.05, 0) is 45.2 Å². The van der Waals surface area contributed by atoms with E-state index in [9.17, 15) is 0 Å². The van der Waals surface area contributed by atoms with E-state index in [-0.39, 0.29) is 5.60 Å². The highest BCUT2D eigenvalue weighted by Gasteiger charge is 2.44. The average molecular weight is 279 g/mol. The molecular weight excluding hydrogens is 250 g/mol. The highest BCUT2D eigenvalue weighted by molar-refractivity contribution is 5.14. The fraction of sp³-hybridized carbons (Fsp3) is 0.812. The molecule has 0 saturated heterocycles. The monoisotopic (exact) mass is 279 g/mol. The molecule has 1 heterocycles. The lowest BCUT2D eigenvalue weighted by molar-refractivity contribution is -0.0981. The van der Waals surface area contributed by atoms with Crippen molar-refractivity contribution in [3.8, 4) is 0 Å². The van der Waals surface area contributed by atoms with Gasteiger partial charge in [-0.1, -0.05) is 13.8 Å². The van der Waals surface area contributed by atoms with E-state index < -0.39 is 0 Å². The number of likely N-dealkylation sites (N-methyl/N-ethyl adjacent to an activating group) is 1. The van der Waals surface area contributed by atoms with Gasteiger partial charge in [0.15, 0.2) is 0 Å². The lowest BCUT2D eigenvalue weighted by Crippen LogP contribution is -2.57. The van der Waals surface area contributed by atoms with Gasteiger partial charge in [0.2, 0.25) is 0 Å². The number of nitrogens with zero attached hydrogens (tertiary/aromatic N) is 2. The van der Waals surface area contributed by atoms with Gasteiger partial charge in [-0.3, -0.25) is 4.68 Å². The first kappa shape index (κ1) is 15.5. The van der Waals surface area contributed by atoms with Gasteiger partial charge in [-0.2, -0.15) is 5.10 Å². The van der Waals surface area contributed by atoms with Crippen molar-refractivity contribution in [3.05, 3.63) is 17.5 Å². The number of methoxy groups -OCH3 is 1. The zero-order valence-electron chi connectivity index (χ0n) is 13.4. The van der Waals surface area contributed by atoms with Crippen molar-refractivity contribution in [2.45, 2.75) is 71.1 Å². The molecule has 1 unspecified atom stereocenters. The van der Waals surface area contributed by atoms with E-state index in [1.54, 1.807) is 0 Å². The number of hydrogen-bond acceptors (Lipinski definition) is 3. The first-order valence-electron chi connectivity index (χ1n) is 8.03. The summed E-state index contributed by atoms with van der Waals surface area (Å²) in [5, 5.41) is 8.30. The largest absolute Gasteiger partial charge is 0.377 e. The minimum Gasteiger partial charge on any atom is -0.377 e. The van der Waals surface area contributed by atoms with E-state index in [1.165, 1.54) is 30.7 Å². The summed E-state index contributed by atoms with van der Waals surface area (Å²) in [4.78, 5) is 0. The third kappa shape index (κ3) is 2.91. The number of ether oxygens (including phenoxy) is 1. The second kappa shape index (κ2) is 6.72. The van der Waals surface area contributed by atoms with Gasteiger partial charge >= 0.3 is 0 Å². The van der Waals surface area contributed by atoms with Crippen LogP contribution in [0.3, 0.4) is 0 Å². The molecule has 1 aliphatic carbocycles. The molecule has 0 radical (unpaired) electrons. The Morgan fingerprint density at radius 2 is 2.15 bits per heavy atom. The Labute approximate surface area is 122 Å². The van der Waals surface area contributed by atoms with Crippen LogP contribution in [0, 0.1) is 0 Å². The second-order valence-electron chi connectivity index (χ2n) is 5.73. The van der Waals surface area contributed by atoms with Crippen molar-refractivity contribution >= 4 is 0 Å². The van der Waals surface area contributed by atoms with Crippen molar-refractivity contribution in [3.63, 3.8) is 0 Å². The molecule has 20 heavy (non-hydrogen) atoms. The molecule has 0 amide bonds. The minimum absolute atomic E-state index is 0.0330. The summed E-state index contributed by atoms with van der Waals surface area (Å²) in [6.07, 6.45) is 5.62. The van der Waals surface area contributed by atoms with Crippen LogP contribution in [0.2, 0.25) is 0 Å². The maximum Gasteiger partial charge on any atom is 0.0834 e. The average Bonchev–Trinajstić information content (AvgIpc) is 2.80. The molecule has 4 heteroatoms. The molecule has 1 atom stereocenters. The number of rotatable bonds is 8. The topological polar surface area (TPSA) is 39.1 Å². The van der Waals surface area contributed by atoms with Crippen LogP contribution in [0.4, 0.5) is 0 Å². The maximum atomic E-state index is 5.88. The SMILES string of the molecule is CCNC(Cc1cc(CC)nn1CC)C1(OC)CCC1. The number of aryl methyl sites for hydroxylation is 2. The van der Waals surface area contributed by atoms with Gasteiger partial charge in [0.05, 0.1) is 11.3 Å². The van der Waals surface area contributed by atoms with Crippen LogP contribution >= 0.6 is 0 Å². The fourth-order valence-electron chi connectivity index (χ4n) is 3.25. The molecule has 4 nitrogen and oxygen atoms in total. The molecule has 2 rings (SSSR count). The highest BCUT2D eigenvalue weighted by Crippen LogP contribution is 2.39. The lowest BCUT2D eigenvalue weighted by Gasteiger charge is -2.47. The summed E-state index contributed by atoms with van der Waals surface area (Å²) < 4.78 is 8.02. The van der Waals surface area contributed by atoms with Gasteiger partial charge in [-0.25, -0.2) is 0 Å². The van der Waals surface area contributed by atoms with E-state index in [4.69, 9.17) is 4.74 Å². The molecule has 1 aromatic rings. The van der Waals surface area contributed by atoms with E-state index in [0.717, 1.165) is 25.9 Å². The van der Waals surface area contributed by atoms with Crippen molar-refractivity contribution in [2.75, 3.05) is 13.7 Å². The number of hydrogen-bond donors (Lipinski definition) is 1. The molecule has 1 aromatic heterocycles. The molecule has 1 saturated carbocycles. The van der Waals surface area contributed by atoms with Crippen LogP contribution in [0.1, 0.15) is 51.4 Å². The lowest BCUT2D eigenvalue weighted by atomic mass is 9.73. The zero-order chi connectivity index (χ0) is 14.6. The quantitative estimate of drug-likeness (QED) is 0.795. The third-order valence-electron chi connectivity index (χ3n) is 4.68. The van der Waals surface area contributed by atoms with Crippen molar-refractivity contribution in [2.24, 2.45) is 0 Å². The number of nitrogens with one attached hydrogen (secondary N) is 1. The molecule has 0 aromatic carbocycles. The molecule has 0 bridgehead atoms. The van der Waals surface area contributed by atoms with Crippen LogP contribution in [-0.4, -0.2) is 35.1 Å². The van der Waals surface area contributed by atoms with Crippen LogP contribution in [-0.2, 0) is 24.1 Å². The molecule has 0 spiro atoms. The Balaban J connectivity index is 2.17. The van der Waals surface area contributed by atoms with Crippen LogP contribution in [0.25, 0.3) is 0 Å². The second-order valence-corrected chi connectivity index (χ2v) is 5.73. The minimum atomic E-state index is 0.0330. The van der Waals surface area contributed by atoms with Crippen LogP contribution in [0.5, 0.6) is 0 Å². The molecular formula is C16H29N3O. The van der Waals surface area contributed by atoms with E-state index in [2.05, 4.69) is 41.9 Å². The standard InChI is InChI=1S/C16H29N3O/c1-5-13-11-14(19(7-3)18-13)12-15(17-6-2)16(20-4)9-8-10-16/h11,15,17H,5-10,12H2,1-4H3. The maximum absolute atomic E-state index is 5.88. The Bertz CT molecular complexity index is 418. The van der Waals surface area contributed by atoms with Crippen molar-refractivity contribution in [1.29, 1.82) is 0 Å². The normalized spacial score (nSPS) is 18.8. The van der Waals surface area contributed by atoms with Gasteiger partial charge in [0.25, 0.3) is 0 Å². The van der Waals surface area contributed by atoms with Gasteiger partial charge in [0.1, 0.15) is 0 Å². The molecule has 114 valence electrons. The summed E-state index contributed by atoms with van der Waals surface area (Å²) in [6.45, 7) is 8.42. The smallest absolute Gasteiger partial charge is 0.0834 e. The fourth-order valence-corrected chi connectivity index (χ4v) is 3.25. The molecule has 1 aliphatic rings. The Hall–Kier alpha value is -0.870. The van der Waals surface area contributed by atoms with Crippen LogP contribution < -0.4 is 5.32 Å². The Morgan fingerprint density at radius 3 is 2.60 bits per heavy atom. The van der Waals surface area contributed by atoms with Crippen molar-refractivity contribution in [1.82, 2.24) is 15.1 Å². The molecule has 1 fully saturated rings. The zero-order valence-corrected chi connectivity index (χ0v) is 13.4. The predicted molar refractivity (Wildman–Crippen MR) is 82.0 cm³/mol. The van der Waals surface area contributed by atoms with Gasteiger partial charge < -0.3 is 10.1 Å². The Morgan fingerprint density at radius 1 is 1.40 bits per heavy atom. The summed E-state index contributed by atoms with van der Waals surface area (Å²) in [5.41, 5.74) is 2.56. The van der Waals surface area contributed by atoms with E-state index in [0.29, 0.717) is 6.04 Å². The predicted octanol–water partition coefficient (Wildman–Crippen LogP) is 2.56. The first-order chi connectivity index (χ1) is 9.69. The number of aromatic nitrogens is 2. The van der Waals surface area contributed by atoms with E-state index >= 15 is 0 Å². The van der Waals surface area contributed by atoms with Crippen molar-refractivity contribution < 1.29 is 4.74 Å². The van der Waals surface area contributed by atoms with Crippen LogP contribution in [0.15, 0.2) is 6.07 Å². The summed E-state index contributed by atoms with van der Waals surface area (Å²) in [6, 6.07) is 2.65. The molecule has 0 aliphatic heterocycles. The van der Waals surface area contributed by atoms with E-state index in [1.807, 2.05) is 7.11 Å². The van der Waals surface area contributed by atoms with Gasteiger partial charge in [-0.15, -0.1) is 0 Å². The summed E-state index contributed by atoms with van der Waals surface area (Å²) in [5.74, 6) is 0. The summed E-state index contributed by atoms with van der Waals surface area (Å²) in [7, 11) is 1.86. The third-order valence-corrected chi connectivity index (χ3v) is 4.68.